The predicted octanol–water partition coefficient (Wildman–Crippen LogP) is 2.96. The number of likely N-dealkylation sites (N-methyl/N-ethyl adjacent to an activating group) is 1. The Hall–Kier alpha value is -0.730. The molecular formula is C15H19BrN2O2S2. The van der Waals surface area contributed by atoms with Gasteiger partial charge in [0, 0.05) is 12.6 Å². The van der Waals surface area contributed by atoms with E-state index in [4.69, 9.17) is 0 Å². The third kappa shape index (κ3) is 4.89. The second-order valence-electron chi connectivity index (χ2n) is 5.22. The van der Waals surface area contributed by atoms with E-state index in [1.165, 1.54) is 16.9 Å². The van der Waals surface area contributed by atoms with Crippen LogP contribution < -0.4 is 4.72 Å². The van der Waals surface area contributed by atoms with Gasteiger partial charge in [-0.1, -0.05) is 30.3 Å². The van der Waals surface area contributed by atoms with Crippen molar-refractivity contribution in [2.75, 3.05) is 20.6 Å². The van der Waals surface area contributed by atoms with Crippen LogP contribution >= 0.6 is 27.3 Å². The number of benzene rings is 1. The highest BCUT2D eigenvalue weighted by atomic mass is 79.9. The number of rotatable bonds is 7. The molecule has 0 spiro atoms. The van der Waals surface area contributed by atoms with E-state index in [2.05, 4.69) is 32.8 Å². The van der Waals surface area contributed by atoms with Crippen molar-refractivity contribution in [3.8, 4) is 0 Å². The summed E-state index contributed by atoms with van der Waals surface area (Å²) in [6.45, 7) is 0.375. The molecular weight excluding hydrogens is 384 g/mol. The van der Waals surface area contributed by atoms with Crippen LogP contribution in [0.25, 0.3) is 0 Å². The first-order chi connectivity index (χ1) is 10.4. The molecule has 4 nitrogen and oxygen atoms in total. The van der Waals surface area contributed by atoms with Gasteiger partial charge in [-0.2, -0.15) is 0 Å². The summed E-state index contributed by atoms with van der Waals surface area (Å²) in [4.78, 5) is 2.04. The van der Waals surface area contributed by atoms with E-state index in [-0.39, 0.29) is 6.04 Å². The van der Waals surface area contributed by atoms with Gasteiger partial charge in [-0.15, -0.1) is 11.3 Å². The lowest BCUT2D eigenvalue weighted by Gasteiger charge is -2.24. The Bertz CT molecular complexity index is 699. The Morgan fingerprint density at radius 2 is 1.86 bits per heavy atom. The highest BCUT2D eigenvalue weighted by Gasteiger charge is 2.20. The maximum Gasteiger partial charge on any atom is 0.250 e. The minimum absolute atomic E-state index is 0.0978. The largest absolute Gasteiger partial charge is 0.305 e. The molecule has 7 heteroatoms. The van der Waals surface area contributed by atoms with Crippen molar-refractivity contribution in [2.45, 2.75) is 16.7 Å². The second-order valence-corrected chi connectivity index (χ2v) is 9.67. The monoisotopic (exact) mass is 402 g/mol. The van der Waals surface area contributed by atoms with Gasteiger partial charge in [-0.3, -0.25) is 0 Å². The molecule has 120 valence electrons. The fourth-order valence-electron chi connectivity index (χ4n) is 2.04. The molecule has 0 fully saturated rings. The maximum atomic E-state index is 12.3. The predicted molar refractivity (Wildman–Crippen MR) is 94.8 cm³/mol. The molecule has 0 aliphatic carbocycles. The van der Waals surface area contributed by atoms with Crippen LogP contribution in [-0.4, -0.2) is 40.0 Å². The van der Waals surface area contributed by atoms with Gasteiger partial charge in [0.15, 0.2) is 0 Å². The van der Waals surface area contributed by atoms with Gasteiger partial charge in [0.2, 0.25) is 10.0 Å². The Morgan fingerprint density at radius 3 is 2.41 bits per heavy atom. The number of halogens is 1. The van der Waals surface area contributed by atoms with Crippen molar-refractivity contribution in [3.63, 3.8) is 0 Å². The second kappa shape index (κ2) is 7.70. The van der Waals surface area contributed by atoms with Crippen LogP contribution in [0.5, 0.6) is 0 Å². The van der Waals surface area contributed by atoms with E-state index in [0.29, 0.717) is 10.8 Å². The number of sulfonamides is 1. The zero-order chi connectivity index (χ0) is 16.2. The molecule has 1 atom stereocenters. The minimum atomic E-state index is -3.45. The van der Waals surface area contributed by atoms with Gasteiger partial charge in [-0.25, -0.2) is 13.1 Å². The molecule has 0 saturated carbocycles. The molecule has 0 saturated heterocycles. The zero-order valence-corrected chi connectivity index (χ0v) is 15.7. The molecule has 0 amide bonds. The topological polar surface area (TPSA) is 49.4 Å². The summed E-state index contributed by atoms with van der Waals surface area (Å²) in [7, 11) is 0.475. The van der Waals surface area contributed by atoms with E-state index < -0.39 is 10.0 Å². The summed E-state index contributed by atoms with van der Waals surface area (Å²) in [5, 5.41) is 0. The highest BCUT2D eigenvalue weighted by molar-refractivity contribution is 9.11. The van der Waals surface area contributed by atoms with Gasteiger partial charge >= 0.3 is 0 Å². The third-order valence-electron chi connectivity index (χ3n) is 3.37. The smallest absolute Gasteiger partial charge is 0.250 e. The number of nitrogens with one attached hydrogen (secondary N) is 1. The van der Waals surface area contributed by atoms with Gasteiger partial charge in [0.05, 0.1) is 3.79 Å². The van der Waals surface area contributed by atoms with Crippen LogP contribution in [0.1, 0.15) is 5.56 Å². The molecule has 0 aliphatic rings. The van der Waals surface area contributed by atoms with E-state index >= 15 is 0 Å². The number of thiophene rings is 1. The number of hydrogen-bond donors (Lipinski definition) is 1. The van der Waals surface area contributed by atoms with Crippen molar-refractivity contribution in [1.82, 2.24) is 9.62 Å². The molecule has 1 unspecified atom stereocenters. The van der Waals surface area contributed by atoms with Crippen molar-refractivity contribution >= 4 is 37.3 Å². The van der Waals surface area contributed by atoms with E-state index in [0.717, 1.165) is 10.2 Å². The summed E-state index contributed by atoms with van der Waals surface area (Å²) in [6.07, 6.45) is 0.796. The fraction of sp³-hybridized carbons (Fsp3) is 0.333. The summed E-state index contributed by atoms with van der Waals surface area (Å²) in [5.74, 6) is 0. The molecule has 22 heavy (non-hydrogen) atoms. The molecule has 2 rings (SSSR count). The minimum Gasteiger partial charge on any atom is -0.305 e. The van der Waals surface area contributed by atoms with Crippen molar-refractivity contribution in [3.05, 3.63) is 51.8 Å². The normalized spacial score (nSPS) is 13.5. The summed E-state index contributed by atoms with van der Waals surface area (Å²) < 4.78 is 28.4. The third-order valence-corrected chi connectivity index (χ3v) is 6.91. The molecule has 0 bridgehead atoms. The first-order valence-electron chi connectivity index (χ1n) is 6.84. The number of hydrogen-bond acceptors (Lipinski definition) is 4. The van der Waals surface area contributed by atoms with Gasteiger partial charge in [-0.05, 0) is 54.1 Å². The molecule has 1 N–H and O–H groups in total. The Morgan fingerprint density at radius 1 is 1.18 bits per heavy atom. The quantitative estimate of drug-likeness (QED) is 0.774. The van der Waals surface area contributed by atoms with Crippen molar-refractivity contribution < 1.29 is 8.42 Å². The lowest BCUT2D eigenvalue weighted by Crippen LogP contribution is -2.41. The average Bonchev–Trinajstić information content (AvgIpc) is 2.92. The van der Waals surface area contributed by atoms with Gasteiger partial charge < -0.3 is 4.90 Å². The standard InChI is InChI=1S/C15H19BrN2O2S2/c1-18(2)13(10-12-6-4-3-5-7-12)11-17-22(19,20)15-9-8-14(16)21-15/h3-9,13,17H,10-11H2,1-2H3. The highest BCUT2D eigenvalue weighted by Crippen LogP contribution is 2.25. The molecule has 1 aromatic heterocycles. The van der Waals surface area contributed by atoms with Crippen LogP contribution in [0.2, 0.25) is 0 Å². The SMILES string of the molecule is CN(C)C(CNS(=O)(=O)c1ccc(Br)s1)Cc1ccccc1. The Kier molecular flexibility index (Phi) is 6.17. The van der Waals surface area contributed by atoms with Crippen LogP contribution in [0.3, 0.4) is 0 Å². The Balaban J connectivity index is 2.03. The summed E-state index contributed by atoms with van der Waals surface area (Å²) in [5.41, 5.74) is 1.19. The van der Waals surface area contributed by atoms with E-state index in [1.54, 1.807) is 12.1 Å². The summed E-state index contributed by atoms with van der Waals surface area (Å²) >= 11 is 4.50. The van der Waals surface area contributed by atoms with E-state index in [1.807, 2.05) is 37.2 Å². The van der Waals surface area contributed by atoms with Crippen molar-refractivity contribution in [1.29, 1.82) is 0 Å². The molecule has 0 radical (unpaired) electrons. The van der Waals surface area contributed by atoms with Crippen LogP contribution in [-0.2, 0) is 16.4 Å². The zero-order valence-electron chi connectivity index (χ0n) is 12.5. The first-order valence-corrected chi connectivity index (χ1v) is 9.93. The first kappa shape index (κ1) is 17.6. The molecule has 1 heterocycles. The van der Waals surface area contributed by atoms with Crippen LogP contribution in [0.15, 0.2) is 50.5 Å². The van der Waals surface area contributed by atoms with Gasteiger partial charge in [0.25, 0.3) is 0 Å². The Labute approximate surface area is 144 Å². The van der Waals surface area contributed by atoms with E-state index in [9.17, 15) is 8.42 Å². The number of nitrogens with zero attached hydrogens (tertiary/aromatic N) is 1. The van der Waals surface area contributed by atoms with Gasteiger partial charge in [0.1, 0.15) is 4.21 Å². The lowest BCUT2D eigenvalue weighted by atomic mass is 10.1. The van der Waals surface area contributed by atoms with Crippen LogP contribution in [0, 0.1) is 0 Å². The molecule has 2 aromatic rings. The fourth-order valence-corrected chi connectivity index (χ4v) is 5.17. The lowest BCUT2D eigenvalue weighted by molar-refractivity contribution is 0.291. The average molecular weight is 403 g/mol. The van der Waals surface area contributed by atoms with Crippen LogP contribution in [0.4, 0.5) is 0 Å². The molecule has 0 aliphatic heterocycles. The van der Waals surface area contributed by atoms with Crippen molar-refractivity contribution in [2.24, 2.45) is 0 Å². The summed E-state index contributed by atoms with van der Waals surface area (Å²) in [6, 6.07) is 13.5. The maximum absolute atomic E-state index is 12.3. The molecule has 1 aromatic carbocycles.